The van der Waals surface area contributed by atoms with E-state index in [9.17, 15) is 0 Å². The van der Waals surface area contributed by atoms with Gasteiger partial charge in [0.2, 0.25) is 0 Å². The van der Waals surface area contributed by atoms with Crippen LogP contribution in [0.3, 0.4) is 0 Å². The number of nitrogens with zero attached hydrogens (tertiary/aromatic N) is 2. The monoisotopic (exact) mass is 454 g/mol. The van der Waals surface area contributed by atoms with Crippen LogP contribution in [0.2, 0.25) is 5.02 Å². The van der Waals surface area contributed by atoms with E-state index < -0.39 is 0 Å². The van der Waals surface area contributed by atoms with Crippen LogP contribution in [-0.2, 0) is 11.2 Å². The van der Waals surface area contributed by atoms with Crippen molar-refractivity contribution in [2.24, 2.45) is 17.1 Å². The number of nitrogens with two attached hydrogens (primary N) is 1. The van der Waals surface area contributed by atoms with Crippen molar-refractivity contribution in [3.05, 3.63) is 41.2 Å². The summed E-state index contributed by atoms with van der Waals surface area (Å²) in [6.45, 7) is 1.77. The van der Waals surface area contributed by atoms with Gasteiger partial charge in [-0.2, -0.15) is 0 Å². The smallest absolute Gasteiger partial charge is 0.126 e. The number of aromatic nitrogens is 2. The van der Waals surface area contributed by atoms with Crippen molar-refractivity contribution < 1.29 is 4.74 Å². The van der Waals surface area contributed by atoms with Gasteiger partial charge in [-0.05, 0) is 87.3 Å². The summed E-state index contributed by atoms with van der Waals surface area (Å²) in [6.07, 6.45) is 13.6. The molecular formula is C26H35ClN4O. The Balaban J connectivity index is 1.21. The van der Waals surface area contributed by atoms with Crippen molar-refractivity contribution in [1.82, 2.24) is 9.97 Å². The van der Waals surface area contributed by atoms with E-state index in [0.717, 1.165) is 67.6 Å². The van der Waals surface area contributed by atoms with Gasteiger partial charge in [0.15, 0.2) is 0 Å². The van der Waals surface area contributed by atoms with Crippen molar-refractivity contribution in [2.75, 3.05) is 18.5 Å². The lowest BCUT2D eigenvalue weighted by Gasteiger charge is -2.25. The van der Waals surface area contributed by atoms with E-state index in [2.05, 4.69) is 28.5 Å². The number of rotatable bonds is 7. The van der Waals surface area contributed by atoms with Crippen molar-refractivity contribution >= 4 is 17.4 Å². The summed E-state index contributed by atoms with van der Waals surface area (Å²) in [6, 6.07) is 9.22. The van der Waals surface area contributed by atoms with Crippen LogP contribution in [0.4, 0.5) is 5.82 Å². The third-order valence-corrected chi connectivity index (χ3v) is 8.18. The van der Waals surface area contributed by atoms with Crippen LogP contribution < -0.4 is 11.1 Å². The molecule has 0 amide bonds. The highest BCUT2D eigenvalue weighted by Crippen LogP contribution is 2.54. The molecule has 0 aromatic carbocycles. The largest absolute Gasteiger partial charge is 0.381 e. The van der Waals surface area contributed by atoms with Crippen LogP contribution in [-0.4, -0.2) is 35.3 Å². The minimum Gasteiger partial charge on any atom is -0.381 e. The zero-order chi connectivity index (χ0) is 22.0. The van der Waals surface area contributed by atoms with Gasteiger partial charge in [0.1, 0.15) is 5.82 Å². The topological polar surface area (TPSA) is 73.1 Å². The van der Waals surface area contributed by atoms with Crippen molar-refractivity contribution in [2.45, 2.75) is 76.3 Å². The number of hydrogen-bond donors (Lipinski definition) is 2. The van der Waals surface area contributed by atoms with Gasteiger partial charge in [-0.3, -0.25) is 4.98 Å². The summed E-state index contributed by atoms with van der Waals surface area (Å²) in [4.78, 5) is 9.49. The van der Waals surface area contributed by atoms with Gasteiger partial charge in [-0.15, -0.1) is 0 Å². The second kappa shape index (κ2) is 9.66. The molecule has 2 aromatic rings. The Hall–Kier alpha value is -1.69. The molecule has 2 aromatic heterocycles. The molecule has 1 spiro atoms. The molecule has 0 radical (unpaired) electrons. The highest BCUT2D eigenvalue weighted by Gasteiger charge is 2.54. The molecule has 3 aliphatic rings. The minimum atomic E-state index is 0.417. The van der Waals surface area contributed by atoms with Gasteiger partial charge in [0.05, 0.1) is 10.7 Å². The SMILES string of the molecule is NC1CCC(CCCc2cc(-c3cccc(NC4CC45CCOCC5)n3)c(Cl)cn2)CC1. The standard InChI is InChI=1S/C26H35ClN4O/c27-22-17-29-20(4-1-3-18-7-9-19(28)10-8-18)15-21(22)23-5-2-6-25(30-23)31-24-16-26(24)11-13-32-14-12-26/h2,5-6,15,17-19,24H,1,3-4,7-14,16,28H2,(H,30,31). The quantitative estimate of drug-likeness (QED) is 0.568. The molecule has 1 unspecified atom stereocenters. The fourth-order valence-electron chi connectivity index (χ4n) is 5.59. The van der Waals surface area contributed by atoms with E-state index in [4.69, 9.17) is 27.1 Å². The van der Waals surface area contributed by atoms with Crippen LogP contribution in [0.1, 0.15) is 63.5 Å². The van der Waals surface area contributed by atoms with E-state index in [0.29, 0.717) is 22.5 Å². The fraction of sp³-hybridized carbons (Fsp3) is 0.615. The Morgan fingerprint density at radius 3 is 2.78 bits per heavy atom. The van der Waals surface area contributed by atoms with Gasteiger partial charge in [0, 0.05) is 42.8 Å². The lowest BCUT2D eigenvalue weighted by atomic mass is 9.83. The lowest BCUT2D eigenvalue weighted by Crippen LogP contribution is -2.26. The summed E-state index contributed by atoms with van der Waals surface area (Å²) in [7, 11) is 0. The van der Waals surface area contributed by atoms with Crippen LogP contribution in [0, 0.1) is 11.3 Å². The first kappa shape index (κ1) is 22.1. The Morgan fingerprint density at radius 2 is 1.97 bits per heavy atom. The molecule has 6 heteroatoms. The number of pyridine rings is 2. The minimum absolute atomic E-state index is 0.417. The average Bonchev–Trinajstić information content (AvgIpc) is 3.46. The van der Waals surface area contributed by atoms with Gasteiger partial charge in [-0.25, -0.2) is 4.98 Å². The van der Waals surface area contributed by atoms with Gasteiger partial charge in [-0.1, -0.05) is 24.1 Å². The number of anilines is 1. The molecule has 3 fully saturated rings. The summed E-state index contributed by atoms with van der Waals surface area (Å²) < 4.78 is 5.54. The summed E-state index contributed by atoms with van der Waals surface area (Å²) in [5.41, 5.74) is 9.44. The predicted octanol–water partition coefficient (Wildman–Crippen LogP) is 5.62. The van der Waals surface area contributed by atoms with Crippen molar-refractivity contribution in [1.29, 1.82) is 0 Å². The molecule has 3 heterocycles. The summed E-state index contributed by atoms with van der Waals surface area (Å²) in [5.74, 6) is 1.76. The van der Waals surface area contributed by atoms with E-state index in [1.807, 2.05) is 6.07 Å². The Morgan fingerprint density at radius 1 is 1.16 bits per heavy atom. The predicted molar refractivity (Wildman–Crippen MR) is 130 cm³/mol. The molecule has 3 N–H and O–H groups in total. The zero-order valence-corrected chi connectivity index (χ0v) is 19.6. The van der Waals surface area contributed by atoms with E-state index >= 15 is 0 Å². The van der Waals surface area contributed by atoms with Crippen LogP contribution >= 0.6 is 11.6 Å². The van der Waals surface area contributed by atoms with Crippen LogP contribution in [0.25, 0.3) is 11.3 Å². The number of aryl methyl sites for hydroxylation is 1. The molecule has 5 nitrogen and oxygen atoms in total. The number of halogens is 1. The van der Waals surface area contributed by atoms with Crippen LogP contribution in [0.15, 0.2) is 30.5 Å². The highest BCUT2D eigenvalue weighted by atomic mass is 35.5. The van der Waals surface area contributed by atoms with Crippen molar-refractivity contribution in [3.8, 4) is 11.3 Å². The first-order chi connectivity index (χ1) is 15.6. The van der Waals surface area contributed by atoms with Gasteiger partial charge >= 0.3 is 0 Å². The van der Waals surface area contributed by atoms with Crippen molar-refractivity contribution in [3.63, 3.8) is 0 Å². The Kier molecular flexibility index (Phi) is 6.68. The summed E-state index contributed by atoms with van der Waals surface area (Å²) >= 11 is 6.54. The lowest BCUT2D eigenvalue weighted by molar-refractivity contribution is 0.0567. The second-order valence-corrected chi connectivity index (χ2v) is 10.5. The first-order valence-electron chi connectivity index (χ1n) is 12.3. The number of ether oxygens (including phenoxy) is 1. The molecule has 0 bridgehead atoms. The maximum atomic E-state index is 6.54. The van der Waals surface area contributed by atoms with E-state index in [1.54, 1.807) is 6.20 Å². The molecular weight excluding hydrogens is 420 g/mol. The Bertz CT molecular complexity index is 922. The van der Waals surface area contributed by atoms with E-state index in [1.165, 1.54) is 38.5 Å². The summed E-state index contributed by atoms with van der Waals surface area (Å²) in [5, 5.41) is 4.32. The third-order valence-electron chi connectivity index (χ3n) is 7.87. The zero-order valence-electron chi connectivity index (χ0n) is 18.9. The molecule has 2 aliphatic carbocycles. The molecule has 32 heavy (non-hydrogen) atoms. The maximum Gasteiger partial charge on any atom is 0.126 e. The number of hydrogen-bond acceptors (Lipinski definition) is 5. The third kappa shape index (κ3) is 5.11. The second-order valence-electron chi connectivity index (χ2n) is 10.1. The van der Waals surface area contributed by atoms with Crippen LogP contribution in [0.5, 0.6) is 0 Å². The molecule has 5 rings (SSSR count). The number of nitrogens with one attached hydrogen (secondary N) is 1. The first-order valence-corrected chi connectivity index (χ1v) is 12.7. The fourth-order valence-corrected chi connectivity index (χ4v) is 5.79. The molecule has 172 valence electrons. The molecule has 1 saturated heterocycles. The average molecular weight is 455 g/mol. The van der Waals surface area contributed by atoms with Gasteiger partial charge < -0.3 is 15.8 Å². The molecule has 1 aliphatic heterocycles. The molecule has 1 atom stereocenters. The maximum absolute atomic E-state index is 6.54. The highest BCUT2D eigenvalue weighted by molar-refractivity contribution is 6.33. The Labute approximate surface area is 196 Å². The molecule has 2 saturated carbocycles. The normalized spacial score (nSPS) is 26.8. The van der Waals surface area contributed by atoms with Gasteiger partial charge in [0.25, 0.3) is 0 Å². The van der Waals surface area contributed by atoms with E-state index in [-0.39, 0.29) is 0 Å².